The molecule has 2 heterocycles. The van der Waals surface area contributed by atoms with Crippen molar-refractivity contribution in [2.75, 3.05) is 13.6 Å². The second kappa shape index (κ2) is 5.91. The quantitative estimate of drug-likeness (QED) is 0.582. The van der Waals surface area contributed by atoms with Crippen molar-refractivity contribution in [3.05, 3.63) is 24.2 Å². The van der Waals surface area contributed by atoms with Crippen LogP contribution in [0.25, 0.3) is 0 Å². The third-order valence-corrected chi connectivity index (χ3v) is 3.89. The molecule has 0 amide bonds. The summed E-state index contributed by atoms with van der Waals surface area (Å²) in [6.45, 7) is 1.06. The minimum Gasteiger partial charge on any atom is -0.316 e. The van der Waals surface area contributed by atoms with E-state index in [1.807, 2.05) is 0 Å². The first-order chi connectivity index (χ1) is 9.13. The van der Waals surface area contributed by atoms with Gasteiger partial charge in [0.25, 0.3) is 10.0 Å². The van der Waals surface area contributed by atoms with Gasteiger partial charge in [0.05, 0.1) is 18.9 Å². The highest BCUT2D eigenvalue weighted by Gasteiger charge is 2.19. The van der Waals surface area contributed by atoms with Crippen molar-refractivity contribution >= 4 is 10.0 Å². The molecule has 0 aliphatic rings. The maximum atomic E-state index is 12.1. The van der Waals surface area contributed by atoms with Crippen LogP contribution in [0, 0.1) is 0 Å². The Hall–Kier alpha value is -1.78. The van der Waals surface area contributed by atoms with Crippen LogP contribution < -0.4 is 10.0 Å². The highest BCUT2D eigenvalue weighted by atomic mass is 32.2. The van der Waals surface area contributed by atoms with E-state index in [0.717, 1.165) is 0 Å². The highest BCUT2D eigenvalue weighted by molar-refractivity contribution is 7.89. The van der Waals surface area contributed by atoms with Crippen LogP contribution in [-0.2, 0) is 23.1 Å². The van der Waals surface area contributed by atoms with Crippen molar-refractivity contribution in [1.82, 2.24) is 35.2 Å². The topological polar surface area (TPSA) is 118 Å². The molecule has 0 unspecified atom stereocenters. The average Bonchev–Trinajstić information content (AvgIpc) is 3.00. The molecule has 0 aromatic carbocycles. The molecule has 0 fully saturated rings. The Morgan fingerprint density at radius 2 is 2.32 bits per heavy atom. The van der Waals surface area contributed by atoms with Crippen LogP contribution in [0.5, 0.6) is 0 Å². The van der Waals surface area contributed by atoms with Gasteiger partial charge in [0.1, 0.15) is 0 Å². The zero-order chi connectivity index (χ0) is 13.7. The summed E-state index contributed by atoms with van der Waals surface area (Å²) in [5, 5.41) is 16.6. The number of sulfonamides is 1. The molecule has 3 N–H and O–H groups in total. The fourth-order valence-electron chi connectivity index (χ4n) is 1.57. The minimum atomic E-state index is -3.59. The maximum Gasteiger partial charge on any atom is 0.257 e. The third-order valence-electron chi connectivity index (χ3n) is 2.42. The van der Waals surface area contributed by atoms with Crippen LogP contribution in [-0.4, -0.2) is 47.2 Å². The van der Waals surface area contributed by atoms with Crippen molar-refractivity contribution in [2.45, 2.75) is 18.1 Å². The Morgan fingerprint density at radius 3 is 3.00 bits per heavy atom. The molecular formula is C9H15N7O2S. The Kier molecular flexibility index (Phi) is 4.24. The first-order valence-corrected chi connectivity index (χ1v) is 7.12. The second-order valence-corrected chi connectivity index (χ2v) is 5.52. The lowest BCUT2D eigenvalue weighted by molar-refractivity contribution is 0.549. The summed E-state index contributed by atoms with van der Waals surface area (Å²) in [6, 6.07) is 0. The Bertz CT molecular complexity index is 604. The van der Waals surface area contributed by atoms with Gasteiger partial charge in [0, 0.05) is 24.8 Å². The fraction of sp³-hybridized carbons (Fsp3) is 0.444. The molecule has 19 heavy (non-hydrogen) atoms. The summed E-state index contributed by atoms with van der Waals surface area (Å²) >= 11 is 0. The number of rotatable bonds is 7. The lowest BCUT2D eigenvalue weighted by Gasteiger charge is -2.06. The van der Waals surface area contributed by atoms with Gasteiger partial charge < -0.3 is 5.32 Å². The monoisotopic (exact) mass is 285 g/mol. The molecule has 104 valence electrons. The number of aromatic amines is 1. The molecule has 0 saturated carbocycles. The first-order valence-electron chi connectivity index (χ1n) is 5.64. The highest BCUT2D eigenvalue weighted by Crippen LogP contribution is 2.10. The van der Waals surface area contributed by atoms with Crippen LogP contribution in [0.1, 0.15) is 5.56 Å². The average molecular weight is 285 g/mol. The summed E-state index contributed by atoms with van der Waals surface area (Å²) in [5.74, 6) is 0. The Balaban J connectivity index is 1.99. The summed E-state index contributed by atoms with van der Waals surface area (Å²) in [5.41, 5.74) is 0.593. The van der Waals surface area contributed by atoms with E-state index in [2.05, 4.69) is 30.5 Å². The van der Waals surface area contributed by atoms with Crippen molar-refractivity contribution < 1.29 is 8.42 Å². The molecule has 0 spiro atoms. The van der Waals surface area contributed by atoms with Gasteiger partial charge in [0.2, 0.25) is 0 Å². The van der Waals surface area contributed by atoms with E-state index < -0.39 is 10.0 Å². The molecule has 2 aromatic heterocycles. The summed E-state index contributed by atoms with van der Waals surface area (Å²) in [7, 11) is -1.85. The van der Waals surface area contributed by atoms with Crippen LogP contribution in [0.2, 0.25) is 0 Å². The van der Waals surface area contributed by atoms with Crippen LogP contribution in [0.4, 0.5) is 0 Å². The number of nitrogens with one attached hydrogen (secondary N) is 3. The lowest BCUT2D eigenvalue weighted by atomic mass is 10.4. The smallest absolute Gasteiger partial charge is 0.257 e. The van der Waals surface area contributed by atoms with E-state index >= 15 is 0 Å². The van der Waals surface area contributed by atoms with Crippen molar-refractivity contribution in [3.8, 4) is 0 Å². The molecule has 10 heteroatoms. The molecule has 2 aromatic rings. The van der Waals surface area contributed by atoms with Gasteiger partial charge in [0.15, 0.2) is 5.03 Å². The zero-order valence-electron chi connectivity index (χ0n) is 10.4. The van der Waals surface area contributed by atoms with Crippen LogP contribution >= 0.6 is 0 Å². The number of H-pyrrole nitrogens is 1. The molecule has 0 saturated heterocycles. The van der Waals surface area contributed by atoms with E-state index in [0.29, 0.717) is 18.7 Å². The van der Waals surface area contributed by atoms with Gasteiger partial charge in [-0.15, -0.1) is 5.10 Å². The number of hydrogen-bond donors (Lipinski definition) is 3. The molecule has 0 aliphatic heterocycles. The number of aromatic nitrogens is 5. The third kappa shape index (κ3) is 3.36. The van der Waals surface area contributed by atoms with Crippen molar-refractivity contribution in [3.63, 3.8) is 0 Å². The van der Waals surface area contributed by atoms with Gasteiger partial charge in [-0.1, -0.05) is 5.21 Å². The largest absolute Gasteiger partial charge is 0.316 e. The first kappa shape index (κ1) is 13.6. The van der Waals surface area contributed by atoms with E-state index in [4.69, 9.17) is 0 Å². The Morgan fingerprint density at radius 1 is 1.47 bits per heavy atom. The molecule has 9 nitrogen and oxygen atoms in total. The maximum absolute atomic E-state index is 12.1. The Labute approximate surface area is 110 Å². The summed E-state index contributed by atoms with van der Waals surface area (Å²) < 4.78 is 28.2. The number of hydrogen-bond acceptors (Lipinski definition) is 6. The molecule has 0 aliphatic carbocycles. The lowest BCUT2D eigenvalue weighted by Crippen LogP contribution is -2.29. The fourth-order valence-corrected chi connectivity index (χ4v) is 2.71. The van der Waals surface area contributed by atoms with E-state index in [9.17, 15) is 8.42 Å². The molecule has 0 bridgehead atoms. The van der Waals surface area contributed by atoms with E-state index in [1.165, 1.54) is 12.4 Å². The van der Waals surface area contributed by atoms with Crippen molar-refractivity contribution in [2.24, 2.45) is 0 Å². The predicted molar refractivity (Wildman–Crippen MR) is 66.6 cm³/mol. The van der Waals surface area contributed by atoms with Crippen molar-refractivity contribution in [1.29, 1.82) is 0 Å². The van der Waals surface area contributed by atoms with E-state index in [-0.39, 0.29) is 11.6 Å². The normalized spacial score (nSPS) is 11.8. The molecular weight excluding hydrogens is 270 g/mol. The predicted octanol–water partition coefficient (Wildman–Crippen LogP) is -1.30. The number of nitrogens with zero attached hydrogens (tertiary/aromatic N) is 4. The van der Waals surface area contributed by atoms with Gasteiger partial charge in [-0.25, -0.2) is 13.1 Å². The van der Waals surface area contributed by atoms with Crippen LogP contribution in [0.3, 0.4) is 0 Å². The van der Waals surface area contributed by atoms with E-state index in [1.54, 1.807) is 17.9 Å². The van der Waals surface area contributed by atoms with Gasteiger partial charge >= 0.3 is 0 Å². The SMILES string of the molecule is CNCc1cn[nH]c1S(=O)(=O)NCCn1ccnn1. The summed E-state index contributed by atoms with van der Waals surface area (Å²) in [6.07, 6.45) is 4.69. The standard InChI is InChI=1S/C9H15N7O2S/c1-10-6-8-7-12-14-9(8)19(17,18)13-3-5-16-4-2-11-15-16/h2,4,7,10,13H,3,5-6H2,1H3,(H,12,14). The molecule has 2 rings (SSSR count). The molecule has 0 radical (unpaired) electrons. The van der Waals surface area contributed by atoms with Gasteiger partial charge in [-0.3, -0.25) is 9.78 Å². The molecule has 0 atom stereocenters. The summed E-state index contributed by atoms with van der Waals surface area (Å²) in [4.78, 5) is 0. The minimum absolute atomic E-state index is 0.0837. The second-order valence-electron chi connectivity index (χ2n) is 3.82. The van der Waals surface area contributed by atoms with Gasteiger partial charge in [-0.2, -0.15) is 5.10 Å². The zero-order valence-corrected chi connectivity index (χ0v) is 11.2. The van der Waals surface area contributed by atoms with Gasteiger partial charge in [-0.05, 0) is 7.05 Å². The van der Waals surface area contributed by atoms with Crippen LogP contribution in [0.15, 0.2) is 23.6 Å².